The Morgan fingerprint density at radius 2 is 1.86 bits per heavy atom. The van der Waals surface area contributed by atoms with Gasteiger partial charge in [-0.3, -0.25) is 0 Å². The average molecular weight is 304 g/mol. The maximum Gasteiger partial charge on any atom is 0.160 e. The molecule has 0 aliphatic carbocycles. The first-order valence-electron chi connectivity index (χ1n) is 7.03. The molecule has 0 aliphatic rings. The molecule has 110 valence electrons. The van der Waals surface area contributed by atoms with E-state index >= 15 is 0 Å². The van der Waals surface area contributed by atoms with Crippen LogP contribution in [0.1, 0.15) is 48.3 Å². The van der Waals surface area contributed by atoms with Crippen LogP contribution < -0.4 is 0 Å². The minimum atomic E-state index is -0.196. The molecule has 3 rings (SSSR count). The minimum absolute atomic E-state index is 0.00537. The van der Waals surface area contributed by atoms with Crippen molar-refractivity contribution in [3.05, 3.63) is 47.3 Å². The highest BCUT2D eigenvalue weighted by molar-refractivity contribution is 6.20. The molecule has 2 unspecified atom stereocenters. The summed E-state index contributed by atoms with van der Waals surface area (Å²) in [6, 6.07) is 7.90. The summed E-state index contributed by atoms with van der Waals surface area (Å²) in [7, 11) is 0. The van der Waals surface area contributed by atoms with Gasteiger partial charge in [0.1, 0.15) is 22.9 Å². The molecule has 0 aliphatic heterocycles. The zero-order valence-electron chi connectivity index (χ0n) is 12.6. The number of hydrogen-bond acceptors (Lipinski definition) is 3. The topological polar surface area (TPSA) is 43.9 Å². The number of aromatic nitrogens is 3. The molecule has 0 aromatic carbocycles. The molecule has 0 amide bonds. The van der Waals surface area contributed by atoms with Crippen molar-refractivity contribution >= 4 is 22.8 Å². The maximum absolute atomic E-state index is 6.31. The molecule has 0 radical (unpaired) electrons. The third-order valence-electron chi connectivity index (χ3n) is 3.62. The van der Waals surface area contributed by atoms with Crippen molar-refractivity contribution in [1.82, 2.24) is 14.5 Å². The molecule has 0 saturated carbocycles. The zero-order valence-corrected chi connectivity index (χ0v) is 13.3. The van der Waals surface area contributed by atoms with E-state index in [1.807, 2.05) is 45.0 Å². The third-order valence-corrected chi connectivity index (χ3v) is 3.81. The van der Waals surface area contributed by atoms with E-state index in [9.17, 15) is 0 Å². The van der Waals surface area contributed by atoms with Gasteiger partial charge in [0.25, 0.3) is 0 Å². The number of rotatable bonds is 3. The molecular formula is C16H18ClN3O. The predicted molar refractivity (Wildman–Crippen MR) is 83.8 cm³/mol. The SMILES string of the molecule is Cc1ccc2nc(C(C)Cl)n(C(C)c3ccc(C)o3)c2n1. The molecule has 0 spiro atoms. The highest BCUT2D eigenvalue weighted by Crippen LogP contribution is 2.30. The number of halogens is 1. The Morgan fingerprint density at radius 1 is 1.10 bits per heavy atom. The number of nitrogens with zero attached hydrogens (tertiary/aromatic N) is 3. The lowest BCUT2D eigenvalue weighted by Crippen LogP contribution is -2.11. The van der Waals surface area contributed by atoms with Crippen LogP contribution in [-0.2, 0) is 0 Å². The highest BCUT2D eigenvalue weighted by Gasteiger charge is 2.22. The lowest BCUT2D eigenvalue weighted by molar-refractivity contribution is 0.426. The smallest absolute Gasteiger partial charge is 0.160 e. The first-order chi connectivity index (χ1) is 9.97. The van der Waals surface area contributed by atoms with E-state index in [1.165, 1.54) is 0 Å². The molecule has 5 heteroatoms. The Kier molecular flexibility index (Phi) is 3.49. The van der Waals surface area contributed by atoms with Gasteiger partial charge in [-0.05, 0) is 52.0 Å². The molecule has 0 fully saturated rings. The van der Waals surface area contributed by atoms with Crippen LogP contribution in [0.25, 0.3) is 11.2 Å². The first-order valence-corrected chi connectivity index (χ1v) is 7.47. The van der Waals surface area contributed by atoms with Crippen LogP contribution in [-0.4, -0.2) is 14.5 Å². The fourth-order valence-corrected chi connectivity index (χ4v) is 2.71. The van der Waals surface area contributed by atoms with Crippen molar-refractivity contribution in [3.8, 4) is 0 Å². The summed E-state index contributed by atoms with van der Waals surface area (Å²) >= 11 is 6.31. The van der Waals surface area contributed by atoms with Crippen molar-refractivity contribution in [2.45, 2.75) is 39.1 Å². The summed E-state index contributed by atoms with van der Waals surface area (Å²) in [4.78, 5) is 9.27. The minimum Gasteiger partial charge on any atom is -0.464 e. The van der Waals surface area contributed by atoms with Gasteiger partial charge in [0.05, 0.1) is 11.4 Å². The van der Waals surface area contributed by atoms with E-state index in [0.29, 0.717) is 0 Å². The maximum atomic E-state index is 6.31. The molecular weight excluding hydrogens is 286 g/mol. The molecule has 4 nitrogen and oxygen atoms in total. The fourth-order valence-electron chi connectivity index (χ4n) is 2.55. The second-order valence-corrected chi connectivity index (χ2v) is 6.03. The average Bonchev–Trinajstić information content (AvgIpc) is 3.01. The van der Waals surface area contributed by atoms with Gasteiger partial charge in [0, 0.05) is 5.69 Å². The van der Waals surface area contributed by atoms with Gasteiger partial charge in [0.15, 0.2) is 5.65 Å². The monoisotopic (exact) mass is 303 g/mol. The Bertz CT molecular complexity index is 788. The predicted octanol–water partition coefficient (Wildman–Crippen LogP) is 4.55. The summed E-state index contributed by atoms with van der Waals surface area (Å²) in [5, 5.41) is -0.196. The lowest BCUT2D eigenvalue weighted by Gasteiger charge is -2.16. The van der Waals surface area contributed by atoms with Crippen molar-refractivity contribution in [2.24, 2.45) is 0 Å². The Hall–Kier alpha value is -1.81. The van der Waals surface area contributed by atoms with Crippen LogP contribution in [0.5, 0.6) is 0 Å². The number of furan rings is 1. The van der Waals surface area contributed by atoms with Crippen molar-refractivity contribution < 1.29 is 4.42 Å². The van der Waals surface area contributed by atoms with E-state index in [1.54, 1.807) is 0 Å². The van der Waals surface area contributed by atoms with Gasteiger partial charge >= 0.3 is 0 Å². The second-order valence-electron chi connectivity index (χ2n) is 5.38. The number of hydrogen-bond donors (Lipinski definition) is 0. The summed E-state index contributed by atoms with van der Waals surface area (Å²) in [5.74, 6) is 2.59. The van der Waals surface area contributed by atoms with Gasteiger partial charge in [-0.2, -0.15) is 0 Å². The quantitative estimate of drug-likeness (QED) is 0.667. The number of alkyl halides is 1. The zero-order chi connectivity index (χ0) is 15.1. The molecule has 0 saturated heterocycles. The Morgan fingerprint density at radius 3 is 2.48 bits per heavy atom. The Labute approximate surface area is 128 Å². The number of imidazole rings is 1. The van der Waals surface area contributed by atoms with E-state index in [4.69, 9.17) is 16.0 Å². The van der Waals surface area contributed by atoms with Crippen LogP contribution in [0.4, 0.5) is 0 Å². The largest absolute Gasteiger partial charge is 0.464 e. The molecule has 3 aromatic rings. The lowest BCUT2D eigenvalue weighted by atomic mass is 10.2. The standard InChI is InChI=1S/C16H18ClN3O/c1-9-5-7-13-16(18-9)20(15(19-13)11(3)17)12(4)14-8-6-10(2)21-14/h5-8,11-12H,1-4H3. The molecule has 3 heterocycles. The normalized spacial score (nSPS) is 14.5. The van der Waals surface area contributed by atoms with Crippen molar-refractivity contribution in [3.63, 3.8) is 0 Å². The van der Waals surface area contributed by atoms with Crippen LogP contribution in [0, 0.1) is 13.8 Å². The number of fused-ring (bicyclic) bond motifs is 1. The van der Waals surface area contributed by atoms with Crippen LogP contribution >= 0.6 is 11.6 Å². The number of pyridine rings is 1. The second kappa shape index (κ2) is 5.19. The van der Waals surface area contributed by atoms with Crippen LogP contribution in [0.2, 0.25) is 0 Å². The van der Waals surface area contributed by atoms with E-state index in [0.717, 1.165) is 34.2 Å². The van der Waals surface area contributed by atoms with Gasteiger partial charge in [-0.15, -0.1) is 11.6 Å². The summed E-state index contributed by atoms with van der Waals surface area (Å²) in [6.07, 6.45) is 0. The number of aryl methyl sites for hydroxylation is 2. The molecule has 2 atom stereocenters. The summed E-state index contributed by atoms with van der Waals surface area (Å²) < 4.78 is 7.83. The van der Waals surface area contributed by atoms with E-state index in [2.05, 4.69) is 21.5 Å². The van der Waals surface area contributed by atoms with Crippen molar-refractivity contribution in [1.29, 1.82) is 0 Å². The summed E-state index contributed by atoms with van der Waals surface area (Å²) in [5.41, 5.74) is 2.66. The van der Waals surface area contributed by atoms with Gasteiger partial charge < -0.3 is 8.98 Å². The Balaban J connectivity index is 2.23. The molecule has 3 aromatic heterocycles. The van der Waals surface area contributed by atoms with E-state index in [-0.39, 0.29) is 11.4 Å². The van der Waals surface area contributed by atoms with Crippen LogP contribution in [0.15, 0.2) is 28.7 Å². The third kappa shape index (κ3) is 2.44. The van der Waals surface area contributed by atoms with Crippen LogP contribution in [0.3, 0.4) is 0 Å². The van der Waals surface area contributed by atoms with Gasteiger partial charge in [-0.25, -0.2) is 9.97 Å². The fraction of sp³-hybridized carbons (Fsp3) is 0.375. The summed E-state index contributed by atoms with van der Waals surface area (Å²) in [6.45, 7) is 7.91. The first kappa shape index (κ1) is 14.1. The highest BCUT2D eigenvalue weighted by atomic mass is 35.5. The van der Waals surface area contributed by atoms with E-state index < -0.39 is 0 Å². The van der Waals surface area contributed by atoms with Crippen molar-refractivity contribution in [2.75, 3.05) is 0 Å². The molecule has 0 N–H and O–H groups in total. The molecule has 21 heavy (non-hydrogen) atoms. The molecule has 0 bridgehead atoms. The van der Waals surface area contributed by atoms with Gasteiger partial charge in [0.2, 0.25) is 0 Å². The van der Waals surface area contributed by atoms with Gasteiger partial charge in [-0.1, -0.05) is 0 Å².